The summed E-state index contributed by atoms with van der Waals surface area (Å²) < 4.78 is 0.384. The molecule has 1 fully saturated rings. The predicted molar refractivity (Wildman–Crippen MR) is 447 cm³/mol. The number of aromatic amines is 1. The van der Waals surface area contributed by atoms with Crippen molar-refractivity contribution in [1.82, 2.24) is 60.7 Å². The Bertz CT molecular complexity index is 1910. The maximum atomic E-state index is 11.3. The molecule has 0 saturated carbocycles. The molecule has 0 unspecified atom stereocenters. The number of carbonyl (C=O) groups is 4. The van der Waals surface area contributed by atoms with Gasteiger partial charge in [0.2, 0.25) is 10.7 Å². The van der Waals surface area contributed by atoms with Crippen molar-refractivity contribution in [1.29, 1.82) is 0 Å². The lowest BCUT2D eigenvalue weighted by Crippen LogP contribution is -2.52. The molecule has 576 valence electrons. The third-order valence-electron chi connectivity index (χ3n) is 13.8. The monoisotopic (exact) mass is 1590 g/mol. The molecule has 0 spiro atoms. The smallest absolute Gasteiger partial charge is 0.317 e. The number of carboxylic acids is 3. The second-order valence-corrected chi connectivity index (χ2v) is 24.3. The number of carboxylic acid groups (broad SMARTS) is 3. The summed E-state index contributed by atoms with van der Waals surface area (Å²) in [5.74, 6) is 0.633. The number of aromatic nitrogens is 3. The number of aliphatic carboxylic acids is 3. The third kappa shape index (κ3) is 98.0. The third-order valence-corrected chi connectivity index (χ3v) is 14.6. The summed E-state index contributed by atoms with van der Waals surface area (Å²) in [4.78, 5) is 69.7. The molecule has 0 bridgehead atoms. The Morgan fingerprint density at radius 3 is 1.38 bits per heavy atom. The average molecular weight is 1590 g/mol. The van der Waals surface area contributed by atoms with Gasteiger partial charge in [-0.15, -0.1) is 0 Å². The van der Waals surface area contributed by atoms with E-state index in [1.807, 2.05) is 20.9 Å². The van der Waals surface area contributed by atoms with Gasteiger partial charge in [-0.25, -0.2) is 4.98 Å². The van der Waals surface area contributed by atoms with Crippen LogP contribution in [0.5, 0.6) is 0 Å². The highest BCUT2D eigenvalue weighted by Gasteiger charge is 2.25. The molecule has 32 heteroatoms. The molecule has 32 radical (unpaired) electrons. The van der Waals surface area contributed by atoms with Gasteiger partial charge < -0.3 is 56.7 Å². The Morgan fingerprint density at radius 2 is 0.950 bits per heavy atom. The molecule has 100 heavy (non-hydrogen) atoms. The molecule has 1 saturated heterocycles. The van der Waals surface area contributed by atoms with Gasteiger partial charge in [-0.2, -0.15) is 17.6 Å². The van der Waals surface area contributed by atoms with E-state index < -0.39 is 17.9 Å². The maximum Gasteiger partial charge on any atom is 0.317 e. The molecule has 0 atom stereocenters. The van der Waals surface area contributed by atoms with Gasteiger partial charge in [0.25, 0.3) is 0 Å². The number of anilines is 1. The van der Waals surface area contributed by atoms with E-state index >= 15 is 0 Å². The van der Waals surface area contributed by atoms with Crippen molar-refractivity contribution in [3.63, 3.8) is 0 Å². The zero-order valence-corrected chi connectivity index (χ0v) is 75.7. The van der Waals surface area contributed by atoms with Crippen LogP contribution in [-0.2, 0) is 19.2 Å². The first-order valence-electron chi connectivity index (χ1n) is 35.8. The van der Waals surface area contributed by atoms with Gasteiger partial charge in [-0.3, -0.25) is 38.9 Å². The summed E-state index contributed by atoms with van der Waals surface area (Å²) in [6, 6.07) is 0. The summed E-state index contributed by atoms with van der Waals surface area (Å²) in [5, 5.41) is 43.6. The van der Waals surface area contributed by atoms with Crippen LogP contribution in [0, 0.1) is 11.7 Å². The van der Waals surface area contributed by atoms with Crippen molar-refractivity contribution in [3.8, 4) is 0 Å². The predicted octanol–water partition coefficient (Wildman–Crippen LogP) is 9.63. The second kappa shape index (κ2) is 101. The Labute approximate surface area is 664 Å². The van der Waals surface area contributed by atoms with Gasteiger partial charge in [0.1, 0.15) is 11.6 Å². The van der Waals surface area contributed by atoms with Gasteiger partial charge in [-0.05, 0) is 147 Å². The highest BCUT2D eigenvalue weighted by molar-refractivity contribution is 7.80. The van der Waals surface area contributed by atoms with Crippen LogP contribution in [0.3, 0.4) is 0 Å². The molecule has 2 aliphatic heterocycles. The topological polar surface area (TPSA) is 259 Å². The number of rotatable bonds is 44. The molecule has 1 aromatic heterocycles. The number of thiol groups is 1. The number of carbonyl (C=O) groups excluding carboxylic acids is 1. The molecule has 0 aliphatic carbocycles. The van der Waals surface area contributed by atoms with E-state index in [4.69, 9.17) is 39.8 Å². The number of nitrogens with one attached hydrogen (secondary N) is 6. The minimum Gasteiger partial charge on any atom is -0.480 e. The fourth-order valence-corrected chi connectivity index (χ4v) is 9.15. The van der Waals surface area contributed by atoms with E-state index in [-0.39, 0.29) is 133 Å². The van der Waals surface area contributed by atoms with E-state index in [2.05, 4.69) is 138 Å². The van der Waals surface area contributed by atoms with Crippen LogP contribution in [0.4, 0.5) is 5.95 Å². The minimum absolute atomic E-state index is 0. The maximum absolute atomic E-state index is 11.3. The van der Waals surface area contributed by atoms with Crippen LogP contribution < -0.4 is 26.6 Å². The molecule has 3 rings (SSSR count). The number of fused-ring (bicyclic) bond motifs is 1. The number of aliphatic imine (C=N–C) groups is 1. The zero-order chi connectivity index (χ0) is 70.3. The Hall–Kier alpha value is -2.04. The number of guanidine groups is 1. The standard InChI is InChI=1S/C17H31N3O7.C11H21N3.C10H23N.C8H14N4S.C7H17N.C6H14N2S.C5H12.C4H10S.8Si/c1-3-4-5-18(11-15(22)23)6-7-19(12-16(24)25)8-9-20(10-14(2)21)13-17(26)27;1-2-3-7-13-9-5-10-14-8-4-6-12-11(13)14;1-3-5-7-8-10-11-9-6-4-2;1-3-4-5-9-7-10-6(2)11-8(13)12-7;1-3-5-7-8-6-4-2;1-3-4-5-8-6(9)7-2;1-3-5-4-2;1-2-3-4-5;;;;;;;;/h3-13H2,1-2H3,(H,22,23)(H,24,25)(H,26,27);2-10H2,1H3;11H,3-10H2,1-2H3;3-5H2,1-2H3,(H2,9,10,11,12,13);8H,3-7H2,1-2H3;3-5H2,1-2H3,(H2,7,8,9);3-5H2,1-2H3;5H,2-4H2,1H3;;;;;;;;. The molecule has 1 aromatic rings. The van der Waals surface area contributed by atoms with Crippen LogP contribution in [0.15, 0.2) is 4.99 Å². The van der Waals surface area contributed by atoms with Crippen LogP contribution in [0.2, 0.25) is 0 Å². The first-order chi connectivity index (χ1) is 44.2. The lowest BCUT2D eigenvalue weighted by Gasteiger charge is -2.41. The second-order valence-electron chi connectivity index (χ2n) is 23.1. The highest BCUT2D eigenvalue weighted by atomic mass is 32.1. The lowest BCUT2D eigenvalue weighted by atomic mass is 10.2. The summed E-state index contributed by atoms with van der Waals surface area (Å²) in [5.41, 5.74) is 0. The number of ketones is 1. The average Bonchev–Trinajstić information content (AvgIpc) is 0.837. The van der Waals surface area contributed by atoms with Crippen LogP contribution in [0.1, 0.15) is 243 Å². The van der Waals surface area contributed by atoms with Crippen molar-refractivity contribution in [2.45, 2.75) is 244 Å². The van der Waals surface area contributed by atoms with Gasteiger partial charge in [0, 0.05) is 167 Å². The number of unbranched alkanes of at least 4 members (excludes halogenated alkanes) is 12. The summed E-state index contributed by atoms with van der Waals surface area (Å²) >= 11 is 13.7. The fraction of sp³-hybridized carbons (Fsp3) is 0.868. The first-order valence-corrected chi connectivity index (χ1v) is 37.2. The number of Topliss-reactive ketones (excluding diaryl/α,β-unsaturated/α-hetero) is 1. The van der Waals surface area contributed by atoms with E-state index in [1.165, 1.54) is 199 Å². The summed E-state index contributed by atoms with van der Waals surface area (Å²) in [6.45, 7) is 41.0. The van der Waals surface area contributed by atoms with Crippen LogP contribution >= 0.6 is 37.1 Å². The highest BCUT2D eigenvalue weighted by Crippen LogP contribution is 2.14. The SMILES string of the molecule is CCCCC.CCCCCCNCCCC.CCCCN(CCN(CCN(CC(C)=O)CC(=O)O)CC(=O)O)CC(=O)O.CCCCN1CCCN2CCCN=C12.CCCCNC(=S)NC.CCCCNCCC.CCCCNc1nc(=S)nc(C)[nH]1.CCCCS.[Si].[Si].[Si].[Si].[Si].[Si].[Si].[Si]. The number of thiocarbonyl (C=S) groups is 1. The summed E-state index contributed by atoms with van der Waals surface area (Å²) in [7, 11) is 1.82. The van der Waals surface area contributed by atoms with Gasteiger partial charge >= 0.3 is 17.9 Å². The Morgan fingerprint density at radius 1 is 0.510 bits per heavy atom. The molecule has 0 aromatic carbocycles. The van der Waals surface area contributed by atoms with Gasteiger partial charge in [0.05, 0.1) is 26.2 Å². The Kier molecular flexibility index (Phi) is 129. The van der Waals surface area contributed by atoms with E-state index in [0.717, 1.165) is 62.0 Å². The quantitative estimate of drug-likeness (QED) is 0.0126. The zero-order valence-electron chi connectivity index (χ0n) is 65.1. The minimum atomic E-state index is -1.06. The van der Waals surface area contributed by atoms with Gasteiger partial charge in [0.15, 0.2) is 11.1 Å². The van der Waals surface area contributed by atoms with Crippen molar-refractivity contribution in [2.24, 2.45) is 4.99 Å². The molecule has 3 heterocycles. The fourth-order valence-electron chi connectivity index (χ4n) is 8.50. The van der Waals surface area contributed by atoms with Crippen LogP contribution in [0.25, 0.3) is 0 Å². The van der Waals surface area contributed by atoms with Gasteiger partial charge in [-0.1, -0.05) is 160 Å². The molecular weight excluding hydrogens is 1450 g/mol. The van der Waals surface area contributed by atoms with E-state index in [9.17, 15) is 19.2 Å². The molecular formula is C68H142N14O7S3Si8. The molecule has 0 amide bonds. The van der Waals surface area contributed by atoms with Crippen molar-refractivity contribution >= 4 is 165 Å². The largest absolute Gasteiger partial charge is 0.480 e. The number of hydrogen-bond acceptors (Lipinski definition) is 18. The van der Waals surface area contributed by atoms with Crippen molar-refractivity contribution in [2.75, 3.05) is 149 Å². The van der Waals surface area contributed by atoms with Crippen molar-refractivity contribution in [3.05, 3.63) is 10.6 Å². The molecule has 9 N–H and O–H groups in total. The Balaban J connectivity index is -0.0000000823. The number of nitrogens with zero attached hydrogens (tertiary/aromatic N) is 8. The molecule has 2 aliphatic rings. The van der Waals surface area contributed by atoms with Crippen LogP contribution in [-0.4, -0.2) is 321 Å². The first kappa shape index (κ1) is 128. The lowest BCUT2D eigenvalue weighted by molar-refractivity contribution is -0.140. The number of H-pyrrole nitrogens is 1. The van der Waals surface area contributed by atoms with E-state index in [1.54, 1.807) is 9.80 Å². The molecule has 21 nitrogen and oxygen atoms in total. The number of hydrogen-bond donors (Lipinski definition) is 10. The van der Waals surface area contributed by atoms with Crippen molar-refractivity contribution < 1.29 is 34.5 Å². The summed E-state index contributed by atoms with van der Waals surface area (Å²) in [6.07, 6.45) is 30.2. The van der Waals surface area contributed by atoms with E-state index in [0.29, 0.717) is 30.4 Å². The number of aryl methyl sites for hydroxylation is 1. The normalized spacial score (nSPS) is 11.0.